The Hall–Kier alpha value is -4.59. The summed E-state index contributed by atoms with van der Waals surface area (Å²) in [4.78, 5) is 46.9. The predicted molar refractivity (Wildman–Crippen MR) is 178 cm³/mol. The lowest BCUT2D eigenvalue weighted by atomic mass is 10.0. The molecule has 2 saturated heterocycles. The number of benzene rings is 1. The zero-order valence-corrected chi connectivity index (χ0v) is 29.7. The van der Waals surface area contributed by atoms with Gasteiger partial charge in [-0.1, -0.05) is 45.9 Å². The number of hydrogen-bond donors (Lipinski definition) is 2. The molecular weight excluding hydrogens is 687 g/mol. The number of esters is 3. The van der Waals surface area contributed by atoms with E-state index in [-0.39, 0.29) is 29.8 Å². The van der Waals surface area contributed by atoms with Gasteiger partial charge in [-0.15, -0.1) is 0 Å². The first-order valence-electron chi connectivity index (χ1n) is 16.3. The molecule has 0 bridgehead atoms. The Morgan fingerprint density at radius 2 is 1.75 bits per heavy atom. The summed E-state index contributed by atoms with van der Waals surface area (Å²) in [5, 5.41) is 6.85. The van der Waals surface area contributed by atoms with E-state index in [1.165, 1.54) is 29.9 Å². The second-order valence-electron chi connectivity index (χ2n) is 12.8. The molecule has 2 aromatic heterocycles. The predicted octanol–water partition coefficient (Wildman–Crippen LogP) is 3.51. The van der Waals surface area contributed by atoms with Gasteiger partial charge in [0.2, 0.25) is 6.10 Å². The summed E-state index contributed by atoms with van der Waals surface area (Å²) in [7, 11) is -4.56. The van der Waals surface area contributed by atoms with Crippen molar-refractivity contribution in [1.29, 1.82) is 0 Å². The first-order chi connectivity index (χ1) is 24.3. The van der Waals surface area contributed by atoms with E-state index in [4.69, 9.17) is 45.0 Å². The van der Waals surface area contributed by atoms with Crippen LogP contribution < -0.4 is 15.3 Å². The molecule has 0 spiro atoms. The van der Waals surface area contributed by atoms with Gasteiger partial charge < -0.3 is 29.2 Å². The maximum Gasteiger partial charge on any atom is 0.459 e. The van der Waals surface area contributed by atoms with Crippen LogP contribution in [0.25, 0.3) is 10.4 Å². The lowest BCUT2D eigenvalue weighted by Crippen LogP contribution is -2.49. The molecule has 2 aliphatic rings. The van der Waals surface area contributed by atoms with Gasteiger partial charge in [-0.25, -0.2) is 20.6 Å². The van der Waals surface area contributed by atoms with Crippen LogP contribution in [-0.2, 0) is 47.2 Å². The van der Waals surface area contributed by atoms with E-state index in [1.54, 1.807) is 58.0 Å². The first kappa shape index (κ1) is 37.7. The molecule has 18 heteroatoms. The number of carbonyl (C=O) groups is 3. The molecule has 2 aliphatic heterocycles. The van der Waals surface area contributed by atoms with Gasteiger partial charge in [-0.05, 0) is 31.2 Å². The summed E-state index contributed by atoms with van der Waals surface area (Å²) < 4.78 is 56.2. The Morgan fingerprint density at radius 3 is 2.37 bits per heavy atom. The number of nitrogen functional groups attached to an aromatic ring is 1. The van der Waals surface area contributed by atoms with E-state index >= 15 is 0 Å². The number of hydrogen-bond acceptors (Lipinski definition) is 14. The number of para-hydroxylation sites is 1. The van der Waals surface area contributed by atoms with Crippen LogP contribution in [0.5, 0.6) is 5.75 Å². The smallest absolute Gasteiger partial charge is 0.459 e. The van der Waals surface area contributed by atoms with Crippen molar-refractivity contribution in [1.82, 2.24) is 19.7 Å². The average molecular weight is 729 g/mol. The van der Waals surface area contributed by atoms with E-state index in [1.807, 2.05) is 0 Å². The number of rotatable bonds is 15. The van der Waals surface area contributed by atoms with Crippen molar-refractivity contribution in [3.63, 3.8) is 0 Å². The maximum atomic E-state index is 14.5. The van der Waals surface area contributed by atoms with Gasteiger partial charge in [0.1, 0.15) is 29.7 Å². The third kappa shape index (κ3) is 8.49. The van der Waals surface area contributed by atoms with Crippen molar-refractivity contribution < 1.29 is 51.7 Å². The normalized spacial score (nSPS) is 23.6. The fourth-order valence-corrected chi connectivity index (χ4v) is 6.64. The zero-order valence-electron chi connectivity index (χ0n) is 28.8. The molecular formula is C33H41N6O11P. The molecule has 0 unspecified atom stereocenters. The number of fused-ring (bicyclic) bond motifs is 1. The molecule has 3 aromatic rings. The van der Waals surface area contributed by atoms with Gasteiger partial charge in [0.05, 0.1) is 37.4 Å². The average Bonchev–Trinajstić information content (AvgIpc) is 3.63. The molecule has 0 radical (unpaired) electrons. The number of anilines is 1. The highest BCUT2D eigenvalue weighted by Crippen LogP contribution is 2.50. The fraction of sp³-hybridized carbons (Fsp3) is 0.515. The van der Waals surface area contributed by atoms with Crippen LogP contribution in [0.15, 0.2) is 48.8 Å². The van der Waals surface area contributed by atoms with Crippen molar-refractivity contribution in [3.8, 4) is 5.75 Å². The lowest BCUT2D eigenvalue weighted by molar-refractivity contribution is -0.174. The third-order valence-corrected chi connectivity index (χ3v) is 9.71. The Kier molecular flexibility index (Phi) is 11.6. The van der Waals surface area contributed by atoms with Crippen LogP contribution in [0.1, 0.15) is 46.4 Å². The monoisotopic (exact) mass is 728 g/mol. The summed E-state index contributed by atoms with van der Waals surface area (Å²) >= 11 is 0. The van der Waals surface area contributed by atoms with Gasteiger partial charge in [0.25, 0.3) is 0 Å². The van der Waals surface area contributed by atoms with Gasteiger partial charge in [-0.3, -0.25) is 28.5 Å². The summed E-state index contributed by atoms with van der Waals surface area (Å²) in [6.45, 7) is 16.4. The van der Waals surface area contributed by atoms with E-state index in [0.29, 0.717) is 18.7 Å². The van der Waals surface area contributed by atoms with Crippen LogP contribution in [0.3, 0.4) is 0 Å². The number of nitrogens with two attached hydrogens (primary N) is 1. The van der Waals surface area contributed by atoms with Crippen molar-refractivity contribution >= 4 is 37.0 Å². The Bertz CT molecular complexity index is 1810. The van der Waals surface area contributed by atoms with E-state index in [9.17, 15) is 18.9 Å². The minimum atomic E-state index is -4.56. The number of nitrogens with one attached hydrogen (secondary N) is 1. The van der Waals surface area contributed by atoms with Crippen molar-refractivity contribution in [2.24, 2.45) is 17.8 Å². The quantitative estimate of drug-likeness (QED) is 0.0994. The number of aromatic nitrogens is 3. The highest BCUT2D eigenvalue weighted by Gasteiger charge is 2.67. The summed E-state index contributed by atoms with van der Waals surface area (Å²) in [6, 6.07) is 10.0. The van der Waals surface area contributed by atoms with Crippen molar-refractivity contribution in [2.75, 3.05) is 32.2 Å². The van der Waals surface area contributed by atoms with Crippen LogP contribution in [-0.4, -0.2) is 82.9 Å². The highest BCUT2D eigenvalue weighted by atomic mass is 31.2. The molecule has 2 fully saturated rings. The molecule has 6 atom stereocenters. The largest absolute Gasteiger partial charge is 0.464 e. The standard InChI is InChI=1S/C33H41N6O11P/c1-19(2)30(40)47-27-26(24-12-13-25-29(34)36-18-37-39(24)25)49-33(35-6,28(27)48-31(41)20(3)4)17-46-51(43,50-23-10-8-7-9-11-23)38-21(5)32(42)45-16-22-14-44-15-22/h7-13,18-22,26-28H,14-17H2,1-5H3,(H,38,43)(H2,34,36,37)/t21-,26-,27-,28-,33+,51+/m0/s1. The zero-order chi connectivity index (χ0) is 36.9. The SMILES string of the molecule is [C-]#[N+][C@]1(CO[P@](=O)(N[C@@H](C)C(=O)OCC2COC2)Oc2ccccc2)O[C@@H](c2ccc3c(N)ncnn23)[C@H](OC(=O)C(C)C)[C@@H]1OC(=O)C(C)C. The lowest BCUT2D eigenvalue weighted by Gasteiger charge is -2.28. The van der Waals surface area contributed by atoms with Crippen molar-refractivity contribution in [3.05, 3.63) is 65.9 Å². The fourth-order valence-electron chi connectivity index (χ4n) is 5.12. The molecule has 51 heavy (non-hydrogen) atoms. The summed E-state index contributed by atoms with van der Waals surface area (Å²) in [5.41, 5.74) is 4.47. The molecule has 274 valence electrons. The Morgan fingerprint density at radius 1 is 1.06 bits per heavy atom. The molecule has 4 heterocycles. The summed E-state index contributed by atoms with van der Waals surface area (Å²) in [6.07, 6.45) is -3.09. The van der Waals surface area contributed by atoms with Crippen LogP contribution in [0, 0.1) is 24.3 Å². The van der Waals surface area contributed by atoms with Crippen LogP contribution >= 0.6 is 7.75 Å². The highest BCUT2D eigenvalue weighted by molar-refractivity contribution is 7.52. The third-order valence-electron chi connectivity index (χ3n) is 8.09. The Balaban J connectivity index is 1.52. The van der Waals surface area contributed by atoms with Crippen LogP contribution in [0.2, 0.25) is 0 Å². The van der Waals surface area contributed by atoms with Crippen molar-refractivity contribution in [2.45, 2.75) is 64.7 Å². The molecule has 3 N–H and O–H groups in total. The molecule has 0 amide bonds. The minimum absolute atomic E-state index is 0.0552. The Labute approximate surface area is 294 Å². The van der Waals surface area contributed by atoms with Gasteiger partial charge in [0, 0.05) is 5.92 Å². The molecule has 1 aromatic carbocycles. The van der Waals surface area contributed by atoms with Crippen LogP contribution in [0.4, 0.5) is 5.82 Å². The van der Waals surface area contributed by atoms with Gasteiger partial charge in [0.15, 0.2) is 18.5 Å². The first-order valence-corrected chi connectivity index (χ1v) is 17.9. The maximum absolute atomic E-state index is 14.5. The topological polar surface area (TPSA) is 205 Å². The molecule has 5 rings (SSSR count). The number of carbonyl (C=O) groups excluding carboxylic acids is 3. The van der Waals surface area contributed by atoms with E-state index in [0.717, 1.165) is 0 Å². The number of ether oxygens (including phenoxy) is 5. The molecule has 17 nitrogen and oxygen atoms in total. The number of nitrogens with zero attached hydrogens (tertiary/aromatic N) is 4. The summed E-state index contributed by atoms with van der Waals surface area (Å²) in [5.74, 6) is -3.10. The second-order valence-corrected chi connectivity index (χ2v) is 14.5. The molecule has 0 saturated carbocycles. The van der Waals surface area contributed by atoms with E-state index < -0.39 is 74.2 Å². The van der Waals surface area contributed by atoms with Gasteiger partial charge >= 0.3 is 31.4 Å². The van der Waals surface area contributed by atoms with Gasteiger partial charge in [-0.2, -0.15) is 10.2 Å². The minimum Gasteiger partial charge on any atom is -0.464 e. The second kappa shape index (κ2) is 15.7. The van der Waals surface area contributed by atoms with E-state index in [2.05, 4.69) is 20.0 Å². The molecule has 0 aliphatic carbocycles.